The lowest BCUT2D eigenvalue weighted by Gasteiger charge is -2.10. The lowest BCUT2D eigenvalue weighted by Crippen LogP contribution is -2.17. The highest BCUT2D eigenvalue weighted by molar-refractivity contribution is 7.81. The number of carbonyl (C=O) groups excluding carboxylic acids is 2. The fraction of sp³-hybridized carbons (Fsp3) is 0.600. The van der Waals surface area contributed by atoms with Gasteiger partial charge in [-0.25, -0.2) is 0 Å². The molecule has 2 heterocycles. The zero-order valence-corrected chi connectivity index (χ0v) is 28.0. The lowest BCUT2D eigenvalue weighted by atomic mass is 10.1. The summed E-state index contributed by atoms with van der Waals surface area (Å²) in [4.78, 5) is 42.8. The van der Waals surface area contributed by atoms with Crippen LogP contribution in [0.15, 0.2) is 33.7 Å². The Kier molecular flexibility index (Phi) is 25.3. The van der Waals surface area contributed by atoms with Crippen molar-refractivity contribution in [3.63, 3.8) is 0 Å². The molecule has 0 aliphatic heterocycles. The van der Waals surface area contributed by atoms with Gasteiger partial charge in [0.25, 0.3) is 0 Å². The van der Waals surface area contributed by atoms with Crippen LogP contribution in [0.2, 0.25) is 0 Å². The molecule has 2 aromatic rings. The zero-order valence-electron chi connectivity index (χ0n) is 24.6. The first-order chi connectivity index (χ1) is 20.1. The van der Waals surface area contributed by atoms with E-state index in [4.69, 9.17) is 19.7 Å². The molecule has 2 N–H and O–H groups in total. The smallest absolute Gasteiger partial charge is 0.307 e. The normalized spacial score (nSPS) is 11.6. The monoisotopic (exact) mass is 662 g/mol. The number of rotatable bonds is 19. The van der Waals surface area contributed by atoms with Crippen molar-refractivity contribution < 1.29 is 38.9 Å². The van der Waals surface area contributed by atoms with Gasteiger partial charge in [-0.3, -0.25) is 19.2 Å². The van der Waals surface area contributed by atoms with E-state index in [-0.39, 0.29) is 48.5 Å². The molecule has 238 valence electrons. The third-order valence-corrected chi connectivity index (χ3v) is 8.29. The van der Waals surface area contributed by atoms with Crippen LogP contribution >= 0.6 is 47.9 Å². The molecule has 8 nitrogen and oxygen atoms in total. The van der Waals surface area contributed by atoms with Gasteiger partial charge in [-0.2, -0.15) is 47.9 Å². The fourth-order valence-electron chi connectivity index (χ4n) is 3.18. The molecule has 0 amide bonds. The van der Waals surface area contributed by atoms with Crippen LogP contribution in [0.25, 0.3) is 0 Å². The minimum atomic E-state index is -0.694. The third kappa shape index (κ3) is 25.7. The maximum atomic E-state index is 11.3. The van der Waals surface area contributed by atoms with Gasteiger partial charge in [0.05, 0.1) is 12.8 Å². The number of ether oxygens (including phenoxy) is 2. The van der Waals surface area contributed by atoms with Gasteiger partial charge < -0.3 is 19.7 Å². The number of carboxylic acids is 2. The summed E-state index contributed by atoms with van der Waals surface area (Å²) in [5.41, 5.74) is 2.65. The predicted molar refractivity (Wildman–Crippen MR) is 176 cm³/mol. The van der Waals surface area contributed by atoms with Gasteiger partial charge in [-0.05, 0) is 96.1 Å². The summed E-state index contributed by atoms with van der Waals surface area (Å²) in [6.07, 6.45) is 8.32. The highest BCUT2D eigenvalue weighted by Crippen LogP contribution is 2.11. The van der Waals surface area contributed by atoms with Gasteiger partial charge in [-0.1, -0.05) is 13.8 Å². The average molecular weight is 663 g/mol. The van der Waals surface area contributed by atoms with Crippen LogP contribution in [0.3, 0.4) is 0 Å². The topological polar surface area (TPSA) is 127 Å². The Hall–Kier alpha value is -2.02. The number of esters is 2. The summed E-state index contributed by atoms with van der Waals surface area (Å²) in [6.45, 7) is 4.10. The molecule has 2 rings (SSSR count). The Morgan fingerprint density at radius 2 is 1.10 bits per heavy atom. The first-order valence-corrected chi connectivity index (χ1v) is 17.1. The summed E-state index contributed by atoms with van der Waals surface area (Å²) in [6, 6.07) is 4.18. The fourth-order valence-corrected chi connectivity index (χ4v) is 4.89. The molecule has 0 aliphatic rings. The van der Waals surface area contributed by atoms with Gasteiger partial charge in [0.1, 0.15) is 13.2 Å². The Morgan fingerprint density at radius 1 is 0.714 bits per heavy atom. The molecule has 2 atom stereocenters. The van der Waals surface area contributed by atoms with Crippen LogP contribution in [0.5, 0.6) is 0 Å². The maximum absolute atomic E-state index is 11.3. The van der Waals surface area contributed by atoms with Crippen molar-refractivity contribution >= 4 is 71.8 Å². The molecule has 0 saturated carbocycles. The largest absolute Gasteiger partial charge is 0.481 e. The van der Waals surface area contributed by atoms with Crippen molar-refractivity contribution in [2.75, 3.05) is 13.2 Å². The van der Waals surface area contributed by atoms with E-state index >= 15 is 0 Å². The maximum Gasteiger partial charge on any atom is 0.307 e. The molecule has 0 aromatic carbocycles. The molecule has 2 aromatic heterocycles. The lowest BCUT2D eigenvalue weighted by molar-refractivity contribution is -0.152. The van der Waals surface area contributed by atoms with Crippen LogP contribution in [0.1, 0.15) is 89.2 Å². The molecule has 0 bridgehead atoms. The SMILES string of the molecule is CCC(S)CC(=O)OCCOC(=O)CC(S)CC.O=C(O)CCCCc1ccsc1.O=C(O)CCCCc1ccsc1. The molecule has 0 saturated heterocycles. The summed E-state index contributed by atoms with van der Waals surface area (Å²) in [5, 5.41) is 25.1. The van der Waals surface area contributed by atoms with Gasteiger partial charge in [0, 0.05) is 23.3 Å². The van der Waals surface area contributed by atoms with Crippen molar-refractivity contribution in [1.82, 2.24) is 0 Å². The molecular formula is C30H46O8S4. The predicted octanol–water partition coefficient (Wildman–Crippen LogP) is 7.36. The number of aryl methyl sites for hydroxylation is 2. The summed E-state index contributed by atoms with van der Waals surface area (Å²) in [5.74, 6) is -2.01. The van der Waals surface area contributed by atoms with E-state index in [1.165, 1.54) is 11.1 Å². The average Bonchev–Trinajstić information content (AvgIpc) is 3.67. The van der Waals surface area contributed by atoms with Crippen LogP contribution < -0.4 is 0 Å². The summed E-state index contributed by atoms with van der Waals surface area (Å²) >= 11 is 11.8. The van der Waals surface area contributed by atoms with E-state index in [2.05, 4.69) is 48.2 Å². The van der Waals surface area contributed by atoms with E-state index in [0.29, 0.717) is 12.8 Å². The van der Waals surface area contributed by atoms with E-state index in [0.717, 1.165) is 51.4 Å². The number of thiophene rings is 2. The molecule has 0 fully saturated rings. The van der Waals surface area contributed by atoms with E-state index in [1.54, 1.807) is 22.7 Å². The van der Waals surface area contributed by atoms with Crippen molar-refractivity contribution in [2.24, 2.45) is 0 Å². The van der Waals surface area contributed by atoms with Crippen molar-refractivity contribution in [3.05, 3.63) is 44.8 Å². The minimum Gasteiger partial charge on any atom is -0.481 e. The Morgan fingerprint density at radius 3 is 1.38 bits per heavy atom. The third-order valence-electron chi connectivity index (χ3n) is 5.73. The number of unbranched alkanes of at least 4 members (excludes halogenated alkanes) is 2. The van der Waals surface area contributed by atoms with E-state index in [9.17, 15) is 19.2 Å². The second-order valence-corrected chi connectivity index (χ2v) is 12.5. The number of carbonyl (C=O) groups is 4. The molecule has 12 heteroatoms. The van der Waals surface area contributed by atoms with Gasteiger partial charge in [-0.15, -0.1) is 0 Å². The Bertz CT molecular complexity index is 886. The number of aliphatic carboxylic acids is 2. The number of thiol groups is 2. The van der Waals surface area contributed by atoms with Gasteiger partial charge in [0.15, 0.2) is 0 Å². The van der Waals surface area contributed by atoms with Crippen molar-refractivity contribution in [2.45, 2.75) is 101 Å². The van der Waals surface area contributed by atoms with Crippen LogP contribution in [0.4, 0.5) is 0 Å². The van der Waals surface area contributed by atoms with Crippen molar-refractivity contribution in [3.8, 4) is 0 Å². The van der Waals surface area contributed by atoms with E-state index < -0.39 is 11.9 Å². The molecule has 0 radical (unpaired) electrons. The quantitative estimate of drug-likeness (QED) is 0.0698. The highest BCUT2D eigenvalue weighted by Gasteiger charge is 2.11. The molecular weight excluding hydrogens is 617 g/mol. The summed E-state index contributed by atoms with van der Waals surface area (Å²) < 4.78 is 9.82. The first-order valence-electron chi connectivity index (χ1n) is 14.2. The highest BCUT2D eigenvalue weighted by atomic mass is 32.1. The molecule has 0 aliphatic carbocycles. The van der Waals surface area contributed by atoms with Crippen molar-refractivity contribution in [1.29, 1.82) is 0 Å². The van der Waals surface area contributed by atoms with Gasteiger partial charge >= 0.3 is 23.9 Å². The number of hydrogen-bond acceptors (Lipinski definition) is 10. The van der Waals surface area contributed by atoms with Crippen LogP contribution in [-0.4, -0.2) is 57.8 Å². The van der Waals surface area contributed by atoms with Gasteiger partial charge in [0.2, 0.25) is 0 Å². The summed E-state index contributed by atoms with van der Waals surface area (Å²) in [7, 11) is 0. The second kappa shape index (κ2) is 26.6. The zero-order chi connectivity index (χ0) is 31.6. The Balaban J connectivity index is 0.000000618. The second-order valence-electron chi connectivity index (χ2n) is 9.44. The standard InChI is InChI=1S/C12H22O4S2.2C9H12O2S/c1-3-9(17)7-11(13)15-5-6-16-12(14)8-10(18)4-2;2*10-9(11)4-2-1-3-8-5-6-12-7-8/h9-10,17-18H,3-8H2,1-2H3;2*5-7H,1-4H2,(H,10,11). The number of hydrogen-bond donors (Lipinski definition) is 4. The minimum absolute atomic E-state index is 0.0227. The molecule has 2 unspecified atom stereocenters. The van der Waals surface area contributed by atoms with E-state index in [1.807, 2.05) is 24.6 Å². The molecule has 0 spiro atoms. The molecule has 42 heavy (non-hydrogen) atoms. The van der Waals surface area contributed by atoms with Crippen LogP contribution in [0, 0.1) is 0 Å². The first kappa shape index (κ1) is 40.0. The Labute approximate surface area is 269 Å². The van der Waals surface area contributed by atoms with Crippen LogP contribution in [-0.2, 0) is 41.5 Å². The number of carboxylic acid groups (broad SMARTS) is 2.